The van der Waals surface area contributed by atoms with Crippen molar-refractivity contribution >= 4 is 9.84 Å². The quantitative estimate of drug-likeness (QED) is 0.796. The molecule has 0 atom stereocenters. The summed E-state index contributed by atoms with van der Waals surface area (Å²) in [4.78, 5) is 0.0263. The molecule has 0 aliphatic heterocycles. The highest BCUT2D eigenvalue weighted by Gasteiger charge is 2.17. The Labute approximate surface area is 89.7 Å². The van der Waals surface area contributed by atoms with Crippen molar-refractivity contribution in [1.29, 1.82) is 0 Å². The van der Waals surface area contributed by atoms with Crippen molar-refractivity contribution in [3.63, 3.8) is 0 Å². The van der Waals surface area contributed by atoms with Gasteiger partial charge in [-0.05, 0) is 31.0 Å². The fourth-order valence-corrected chi connectivity index (χ4v) is 2.58. The number of hydrogen-bond donors (Lipinski definition) is 2. The summed E-state index contributed by atoms with van der Waals surface area (Å²) >= 11 is 0. The van der Waals surface area contributed by atoms with E-state index in [1.807, 2.05) is 0 Å². The van der Waals surface area contributed by atoms with Gasteiger partial charge in [-0.3, -0.25) is 0 Å². The van der Waals surface area contributed by atoms with Crippen LogP contribution in [0, 0.1) is 0 Å². The van der Waals surface area contributed by atoms with Crippen LogP contribution in [-0.4, -0.2) is 26.3 Å². The van der Waals surface area contributed by atoms with Crippen LogP contribution in [0.25, 0.3) is 0 Å². The highest BCUT2D eigenvalue weighted by Crippen LogP contribution is 2.26. The van der Waals surface area contributed by atoms with Crippen molar-refractivity contribution in [2.24, 2.45) is 5.73 Å². The number of phenolic OH excluding ortho intramolecular Hbond substituents is 1. The molecule has 0 aromatic heterocycles. The van der Waals surface area contributed by atoms with Gasteiger partial charge in [0.1, 0.15) is 10.6 Å². The van der Waals surface area contributed by atoms with E-state index in [2.05, 4.69) is 0 Å². The van der Waals surface area contributed by atoms with Gasteiger partial charge in [0.25, 0.3) is 0 Å². The Morgan fingerprint density at radius 1 is 1.40 bits per heavy atom. The number of rotatable bonds is 4. The highest BCUT2D eigenvalue weighted by molar-refractivity contribution is 7.90. The molecule has 0 saturated carbocycles. The SMILES string of the molecule is CS(=O)(=O)c1c(O)cccc1CCCN. The van der Waals surface area contributed by atoms with Crippen molar-refractivity contribution in [2.45, 2.75) is 17.7 Å². The standard InChI is InChI=1S/C10H15NO3S/c1-15(13,14)10-8(5-3-7-11)4-2-6-9(10)12/h2,4,6,12H,3,5,7,11H2,1H3. The smallest absolute Gasteiger partial charge is 0.179 e. The molecule has 5 heteroatoms. The Bertz CT molecular complexity index is 440. The van der Waals surface area contributed by atoms with E-state index in [4.69, 9.17) is 5.73 Å². The van der Waals surface area contributed by atoms with Crippen LogP contribution in [0.5, 0.6) is 5.75 Å². The lowest BCUT2D eigenvalue weighted by Gasteiger charge is -2.08. The predicted molar refractivity (Wildman–Crippen MR) is 58.6 cm³/mol. The summed E-state index contributed by atoms with van der Waals surface area (Å²) in [5.74, 6) is -0.188. The van der Waals surface area contributed by atoms with Gasteiger partial charge >= 0.3 is 0 Å². The number of sulfone groups is 1. The van der Waals surface area contributed by atoms with Crippen LogP contribution in [0.15, 0.2) is 23.1 Å². The second kappa shape index (κ2) is 4.63. The molecule has 1 aromatic carbocycles. The van der Waals surface area contributed by atoms with Crippen molar-refractivity contribution in [3.05, 3.63) is 23.8 Å². The lowest BCUT2D eigenvalue weighted by molar-refractivity contribution is 0.457. The number of hydrogen-bond acceptors (Lipinski definition) is 4. The monoisotopic (exact) mass is 229 g/mol. The molecule has 0 fully saturated rings. The molecular weight excluding hydrogens is 214 g/mol. The Morgan fingerprint density at radius 2 is 2.07 bits per heavy atom. The van der Waals surface area contributed by atoms with Gasteiger partial charge in [-0.15, -0.1) is 0 Å². The summed E-state index contributed by atoms with van der Waals surface area (Å²) < 4.78 is 22.9. The van der Waals surface area contributed by atoms with Crippen LogP contribution >= 0.6 is 0 Å². The first-order chi connectivity index (χ1) is 6.96. The molecule has 0 aliphatic rings. The van der Waals surface area contributed by atoms with E-state index in [1.165, 1.54) is 6.07 Å². The fourth-order valence-electron chi connectivity index (χ4n) is 1.49. The summed E-state index contributed by atoms with van der Waals surface area (Å²) in [7, 11) is -3.39. The third-order valence-electron chi connectivity index (χ3n) is 2.10. The van der Waals surface area contributed by atoms with Gasteiger partial charge in [-0.1, -0.05) is 12.1 Å². The van der Waals surface area contributed by atoms with Gasteiger partial charge in [0.05, 0.1) is 0 Å². The summed E-state index contributed by atoms with van der Waals surface area (Å²) in [6.45, 7) is 0.499. The van der Waals surface area contributed by atoms with Gasteiger partial charge in [-0.2, -0.15) is 0 Å². The molecule has 0 unspecified atom stereocenters. The minimum atomic E-state index is -3.39. The van der Waals surface area contributed by atoms with Crippen molar-refractivity contribution in [3.8, 4) is 5.75 Å². The minimum Gasteiger partial charge on any atom is -0.507 e. The molecule has 0 spiro atoms. The first-order valence-corrected chi connectivity index (χ1v) is 6.57. The fraction of sp³-hybridized carbons (Fsp3) is 0.400. The Hall–Kier alpha value is -1.07. The minimum absolute atomic E-state index is 0.0263. The zero-order valence-electron chi connectivity index (χ0n) is 8.60. The zero-order chi connectivity index (χ0) is 11.5. The topological polar surface area (TPSA) is 80.4 Å². The summed E-state index contributed by atoms with van der Waals surface area (Å²) in [6, 6.07) is 4.71. The lowest BCUT2D eigenvalue weighted by atomic mass is 10.1. The second-order valence-corrected chi connectivity index (χ2v) is 5.38. The average molecular weight is 229 g/mol. The van der Waals surface area contributed by atoms with Crippen LogP contribution in [-0.2, 0) is 16.3 Å². The molecule has 4 nitrogen and oxygen atoms in total. The second-order valence-electron chi connectivity index (χ2n) is 3.43. The summed E-state index contributed by atoms with van der Waals surface area (Å²) in [5.41, 5.74) is 5.99. The van der Waals surface area contributed by atoms with E-state index in [9.17, 15) is 13.5 Å². The molecule has 15 heavy (non-hydrogen) atoms. The van der Waals surface area contributed by atoms with E-state index in [0.29, 0.717) is 24.9 Å². The van der Waals surface area contributed by atoms with Gasteiger partial charge in [0, 0.05) is 6.26 Å². The maximum atomic E-state index is 11.4. The van der Waals surface area contributed by atoms with Gasteiger partial charge in [-0.25, -0.2) is 8.42 Å². The molecule has 0 radical (unpaired) electrons. The molecule has 1 rings (SSSR count). The van der Waals surface area contributed by atoms with E-state index >= 15 is 0 Å². The molecule has 84 valence electrons. The maximum Gasteiger partial charge on any atom is 0.179 e. The van der Waals surface area contributed by atoms with Crippen molar-refractivity contribution in [2.75, 3.05) is 12.8 Å². The average Bonchev–Trinajstić information content (AvgIpc) is 2.12. The maximum absolute atomic E-state index is 11.4. The predicted octanol–water partition coefficient (Wildman–Crippen LogP) is 0.687. The van der Waals surface area contributed by atoms with Crippen LogP contribution < -0.4 is 5.73 Å². The zero-order valence-corrected chi connectivity index (χ0v) is 9.42. The van der Waals surface area contributed by atoms with E-state index in [0.717, 1.165) is 6.26 Å². The Balaban J connectivity index is 3.21. The molecule has 0 amide bonds. The van der Waals surface area contributed by atoms with Gasteiger partial charge in [0.15, 0.2) is 9.84 Å². The normalized spacial score (nSPS) is 11.6. The Kier molecular flexibility index (Phi) is 3.71. The number of phenols is 1. The molecule has 0 heterocycles. The largest absolute Gasteiger partial charge is 0.507 e. The molecule has 0 aliphatic carbocycles. The van der Waals surface area contributed by atoms with Crippen molar-refractivity contribution in [1.82, 2.24) is 0 Å². The van der Waals surface area contributed by atoms with E-state index in [-0.39, 0.29) is 10.6 Å². The van der Waals surface area contributed by atoms with Crippen LogP contribution in [0.4, 0.5) is 0 Å². The summed E-state index contributed by atoms with van der Waals surface area (Å²) in [6.07, 6.45) is 2.35. The third-order valence-corrected chi connectivity index (χ3v) is 3.31. The van der Waals surface area contributed by atoms with Crippen LogP contribution in [0.2, 0.25) is 0 Å². The third kappa shape index (κ3) is 2.94. The van der Waals surface area contributed by atoms with Gasteiger partial charge in [0.2, 0.25) is 0 Å². The molecule has 0 bridgehead atoms. The lowest BCUT2D eigenvalue weighted by Crippen LogP contribution is -2.06. The van der Waals surface area contributed by atoms with Crippen LogP contribution in [0.1, 0.15) is 12.0 Å². The van der Waals surface area contributed by atoms with Crippen LogP contribution in [0.3, 0.4) is 0 Å². The van der Waals surface area contributed by atoms with Crippen molar-refractivity contribution < 1.29 is 13.5 Å². The molecule has 3 N–H and O–H groups in total. The number of aromatic hydroxyl groups is 1. The Morgan fingerprint density at radius 3 is 2.60 bits per heavy atom. The number of benzene rings is 1. The first kappa shape index (κ1) is 12.0. The molecular formula is C10H15NO3S. The molecule has 0 saturated heterocycles. The highest BCUT2D eigenvalue weighted by atomic mass is 32.2. The first-order valence-electron chi connectivity index (χ1n) is 4.68. The van der Waals surface area contributed by atoms with Gasteiger partial charge < -0.3 is 10.8 Å². The number of nitrogens with two attached hydrogens (primary N) is 1. The molecule has 1 aromatic rings. The number of aryl methyl sites for hydroxylation is 1. The van der Waals surface area contributed by atoms with E-state index in [1.54, 1.807) is 12.1 Å². The summed E-state index contributed by atoms with van der Waals surface area (Å²) in [5, 5.41) is 9.52. The van der Waals surface area contributed by atoms with E-state index < -0.39 is 9.84 Å².